The first kappa shape index (κ1) is 14.0. The van der Waals surface area contributed by atoms with Gasteiger partial charge in [-0.2, -0.15) is 0 Å². The fraction of sp³-hybridized carbons (Fsp3) is 0.286. The molecule has 0 aliphatic carbocycles. The Labute approximate surface area is 106 Å². The average Bonchev–Trinajstić information content (AvgIpc) is 2.28. The lowest BCUT2D eigenvalue weighted by atomic mass is 10.1. The highest BCUT2D eigenvalue weighted by Gasteiger charge is 2.17. The van der Waals surface area contributed by atoms with E-state index in [1.165, 1.54) is 13.0 Å². The number of carboxylic acids is 1. The molecule has 4 nitrogen and oxygen atoms in total. The van der Waals surface area contributed by atoms with Crippen molar-refractivity contribution in [2.75, 3.05) is 0 Å². The highest BCUT2D eigenvalue weighted by molar-refractivity contribution is 5.88. The van der Waals surface area contributed by atoms with E-state index in [0.29, 0.717) is 12.1 Å². The van der Waals surface area contributed by atoms with Gasteiger partial charge in [0.05, 0.1) is 0 Å². The number of rotatable bonds is 6. The van der Waals surface area contributed by atoms with E-state index >= 15 is 0 Å². The summed E-state index contributed by atoms with van der Waals surface area (Å²) in [6.45, 7) is 3.11. The van der Waals surface area contributed by atoms with Gasteiger partial charge >= 0.3 is 5.97 Å². The zero-order valence-corrected chi connectivity index (χ0v) is 10.5. The number of benzene rings is 1. The van der Waals surface area contributed by atoms with Crippen molar-refractivity contribution >= 4 is 11.8 Å². The number of carboxylic acid groups (broad SMARTS) is 1. The van der Waals surface area contributed by atoms with E-state index in [1.54, 1.807) is 6.92 Å². The summed E-state index contributed by atoms with van der Waals surface area (Å²) < 4.78 is 0. The number of ketones is 1. The van der Waals surface area contributed by atoms with Gasteiger partial charge in [-0.1, -0.05) is 30.3 Å². The first-order valence-electron chi connectivity index (χ1n) is 5.71. The lowest BCUT2D eigenvalue weighted by Gasteiger charge is -2.16. The molecule has 1 rings (SSSR count). The molecule has 96 valence electrons. The van der Waals surface area contributed by atoms with Crippen LogP contribution >= 0.6 is 0 Å². The van der Waals surface area contributed by atoms with E-state index in [4.69, 9.17) is 5.11 Å². The average molecular weight is 247 g/mol. The van der Waals surface area contributed by atoms with E-state index in [2.05, 4.69) is 5.32 Å². The van der Waals surface area contributed by atoms with Crippen LogP contribution in [0.5, 0.6) is 0 Å². The lowest BCUT2D eigenvalue weighted by Crippen LogP contribution is -2.37. The van der Waals surface area contributed by atoms with Crippen molar-refractivity contribution in [1.29, 1.82) is 0 Å². The zero-order valence-electron chi connectivity index (χ0n) is 10.5. The number of carbonyl (C=O) groups excluding carboxylic acids is 1. The van der Waals surface area contributed by atoms with Gasteiger partial charge in [-0.25, -0.2) is 4.79 Å². The summed E-state index contributed by atoms with van der Waals surface area (Å²) in [5.41, 5.74) is 1.50. The van der Waals surface area contributed by atoms with Gasteiger partial charge in [-0.05, 0) is 25.5 Å². The molecule has 0 unspecified atom stereocenters. The minimum Gasteiger partial charge on any atom is -0.480 e. The van der Waals surface area contributed by atoms with Crippen molar-refractivity contribution in [3.8, 4) is 0 Å². The van der Waals surface area contributed by atoms with Gasteiger partial charge in [0.15, 0.2) is 5.78 Å². The molecule has 18 heavy (non-hydrogen) atoms. The number of carbonyl (C=O) groups is 2. The Bertz CT molecular complexity index is 451. The molecule has 0 amide bonds. The largest absolute Gasteiger partial charge is 0.480 e. The van der Waals surface area contributed by atoms with Gasteiger partial charge in [-0.15, -0.1) is 0 Å². The Morgan fingerprint density at radius 2 is 1.89 bits per heavy atom. The lowest BCUT2D eigenvalue weighted by molar-refractivity contribution is -0.139. The van der Waals surface area contributed by atoms with Crippen LogP contribution in [0.15, 0.2) is 42.1 Å². The molecule has 4 heteroatoms. The van der Waals surface area contributed by atoms with Crippen LogP contribution in [0.25, 0.3) is 0 Å². The first-order valence-corrected chi connectivity index (χ1v) is 5.71. The Morgan fingerprint density at radius 1 is 1.28 bits per heavy atom. The molecule has 0 heterocycles. The summed E-state index contributed by atoms with van der Waals surface area (Å²) in [6.07, 6.45) is 1.76. The Balaban J connectivity index is 2.73. The molecule has 0 fully saturated rings. The molecule has 1 aromatic carbocycles. The highest BCUT2D eigenvalue weighted by atomic mass is 16.4. The molecular formula is C14H17NO3. The minimum atomic E-state index is -0.935. The number of aliphatic carboxylic acids is 1. The van der Waals surface area contributed by atoms with Crippen molar-refractivity contribution in [3.63, 3.8) is 0 Å². The second-order valence-corrected chi connectivity index (χ2v) is 4.16. The third kappa shape index (κ3) is 4.82. The van der Waals surface area contributed by atoms with Crippen molar-refractivity contribution in [2.45, 2.75) is 26.3 Å². The molecule has 0 radical (unpaired) electrons. The number of nitrogens with one attached hydrogen (secondary N) is 1. The van der Waals surface area contributed by atoms with E-state index in [-0.39, 0.29) is 5.78 Å². The van der Waals surface area contributed by atoms with Crippen LogP contribution in [-0.4, -0.2) is 22.9 Å². The molecule has 0 saturated carbocycles. The third-order valence-electron chi connectivity index (χ3n) is 2.40. The Morgan fingerprint density at radius 3 is 2.39 bits per heavy atom. The van der Waals surface area contributed by atoms with Crippen molar-refractivity contribution in [2.24, 2.45) is 0 Å². The number of allylic oxidation sites excluding steroid dienone is 2. The topological polar surface area (TPSA) is 66.4 Å². The van der Waals surface area contributed by atoms with Gasteiger partial charge in [0, 0.05) is 12.1 Å². The maximum absolute atomic E-state index is 11.2. The first-order chi connectivity index (χ1) is 8.49. The van der Waals surface area contributed by atoms with E-state index in [0.717, 1.165) is 5.56 Å². The third-order valence-corrected chi connectivity index (χ3v) is 2.40. The van der Waals surface area contributed by atoms with Gasteiger partial charge in [0.25, 0.3) is 0 Å². The van der Waals surface area contributed by atoms with Crippen LogP contribution in [0.4, 0.5) is 0 Å². The summed E-state index contributed by atoms with van der Waals surface area (Å²) in [5, 5.41) is 12.0. The van der Waals surface area contributed by atoms with Gasteiger partial charge < -0.3 is 10.4 Å². The molecule has 0 aromatic heterocycles. The summed E-state index contributed by atoms with van der Waals surface area (Å²) in [7, 11) is 0. The summed E-state index contributed by atoms with van der Waals surface area (Å²) in [6, 6.07) is 8.64. The predicted molar refractivity (Wildman–Crippen MR) is 69.1 cm³/mol. The van der Waals surface area contributed by atoms with Crippen LogP contribution in [0.1, 0.15) is 19.4 Å². The number of hydrogen-bond acceptors (Lipinski definition) is 3. The fourth-order valence-electron chi connectivity index (χ4n) is 1.67. The van der Waals surface area contributed by atoms with Crippen LogP contribution in [0, 0.1) is 0 Å². The SMILES string of the molecule is CC(=O)C=C(C)N[C@@H](Cc1ccccc1)C(=O)O. The normalized spacial score (nSPS) is 12.9. The maximum Gasteiger partial charge on any atom is 0.326 e. The minimum absolute atomic E-state index is 0.108. The predicted octanol–water partition coefficient (Wildman–Crippen LogP) is 1.76. The monoisotopic (exact) mass is 247 g/mol. The molecule has 1 aromatic rings. The second-order valence-electron chi connectivity index (χ2n) is 4.16. The summed E-state index contributed by atoms with van der Waals surface area (Å²) in [4.78, 5) is 22.1. The van der Waals surface area contributed by atoms with Crippen molar-refractivity contribution < 1.29 is 14.7 Å². The summed E-state index contributed by atoms with van der Waals surface area (Å²) in [5.74, 6) is -1.04. The van der Waals surface area contributed by atoms with Crippen molar-refractivity contribution in [3.05, 3.63) is 47.7 Å². The second kappa shape index (κ2) is 6.59. The van der Waals surface area contributed by atoms with Gasteiger partial charge in [-0.3, -0.25) is 4.79 Å². The van der Waals surface area contributed by atoms with Gasteiger partial charge in [0.1, 0.15) is 6.04 Å². The van der Waals surface area contributed by atoms with Gasteiger partial charge in [0.2, 0.25) is 0 Å². The smallest absolute Gasteiger partial charge is 0.326 e. The van der Waals surface area contributed by atoms with Crippen LogP contribution in [-0.2, 0) is 16.0 Å². The molecule has 0 saturated heterocycles. The van der Waals surface area contributed by atoms with Crippen LogP contribution in [0.3, 0.4) is 0 Å². The molecule has 0 aliphatic heterocycles. The number of hydrogen-bond donors (Lipinski definition) is 2. The summed E-state index contributed by atoms with van der Waals surface area (Å²) >= 11 is 0. The Kier molecular flexibility index (Phi) is 5.11. The molecular weight excluding hydrogens is 230 g/mol. The molecule has 0 bridgehead atoms. The molecule has 1 atom stereocenters. The standard InChI is InChI=1S/C14H17NO3/c1-10(8-11(2)16)15-13(14(17)18)9-12-6-4-3-5-7-12/h3-8,13,15H,9H2,1-2H3,(H,17,18)/t13-/m0/s1. The molecule has 0 spiro atoms. The van der Waals surface area contributed by atoms with E-state index < -0.39 is 12.0 Å². The molecule has 0 aliphatic rings. The molecule has 2 N–H and O–H groups in total. The van der Waals surface area contributed by atoms with Crippen LogP contribution in [0.2, 0.25) is 0 Å². The zero-order chi connectivity index (χ0) is 13.5. The van der Waals surface area contributed by atoms with E-state index in [9.17, 15) is 9.59 Å². The van der Waals surface area contributed by atoms with Crippen molar-refractivity contribution in [1.82, 2.24) is 5.32 Å². The van der Waals surface area contributed by atoms with E-state index in [1.807, 2.05) is 30.3 Å². The van der Waals surface area contributed by atoms with Crippen LogP contribution < -0.4 is 5.32 Å². The highest BCUT2D eigenvalue weighted by Crippen LogP contribution is 2.05. The quantitative estimate of drug-likeness (QED) is 0.752. The maximum atomic E-state index is 11.2. The Hall–Kier alpha value is -2.10. The fourth-order valence-corrected chi connectivity index (χ4v) is 1.67.